The minimum absolute atomic E-state index is 0.0150. The number of ether oxygens (including phenoxy) is 1. The fourth-order valence-electron chi connectivity index (χ4n) is 2.63. The first-order valence-corrected chi connectivity index (χ1v) is 9.00. The first-order valence-electron chi connectivity index (χ1n) is 9.00. The molecule has 4 N–H and O–H groups in total. The Balaban J connectivity index is 2.06. The number of aliphatic hydroxyl groups is 1. The number of nitrogens with one attached hydrogen (secondary N) is 1. The number of likely N-dealkylation sites (N-methyl/N-ethyl adjacent to an activating group) is 1. The average molecular weight is 396 g/mol. The van der Waals surface area contributed by atoms with Crippen molar-refractivity contribution in [3.63, 3.8) is 0 Å². The molecule has 3 aromatic heterocycles. The first kappa shape index (κ1) is 20.2. The Kier molecular flexibility index (Phi) is 6.03. The normalized spacial score (nSPS) is 11.8. The van der Waals surface area contributed by atoms with Gasteiger partial charge in [-0.05, 0) is 26.0 Å². The SMILES string of the molecule is COc1ccc(Nc2ncc(N(C)[C@H](C)CO)cc2-c2nc(C)nc(N)n2)cn1. The van der Waals surface area contributed by atoms with Gasteiger partial charge in [0.1, 0.15) is 11.6 Å². The van der Waals surface area contributed by atoms with Crippen molar-refractivity contribution in [1.29, 1.82) is 0 Å². The van der Waals surface area contributed by atoms with E-state index in [-0.39, 0.29) is 18.6 Å². The fourth-order valence-corrected chi connectivity index (χ4v) is 2.63. The molecule has 10 heteroatoms. The van der Waals surface area contributed by atoms with Gasteiger partial charge < -0.3 is 25.8 Å². The average Bonchev–Trinajstić information content (AvgIpc) is 2.72. The van der Waals surface area contributed by atoms with Gasteiger partial charge in [0.25, 0.3) is 0 Å². The summed E-state index contributed by atoms with van der Waals surface area (Å²) in [7, 11) is 3.44. The summed E-state index contributed by atoms with van der Waals surface area (Å²) < 4.78 is 5.09. The summed E-state index contributed by atoms with van der Waals surface area (Å²) in [5.41, 5.74) is 8.00. The van der Waals surface area contributed by atoms with Crippen molar-refractivity contribution in [3.05, 3.63) is 36.4 Å². The number of pyridine rings is 2. The lowest BCUT2D eigenvalue weighted by molar-refractivity contribution is 0.270. The second-order valence-electron chi connectivity index (χ2n) is 6.51. The van der Waals surface area contributed by atoms with Crippen LogP contribution in [0, 0.1) is 6.92 Å². The quantitative estimate of drug-likeness (QED) is 0.542. The molecule has 0 radical (unpaired) electrons. The zero-order valence-electron chi connectivity index (χ0n) is 16.8. The van der Waals surface area contributed by atoms with E-state index in [1.807, 2.05) is 31.0 Å². The van der Waals surface area contributed by atoms with E-state index >= 15 is 0 Å². The Hall–Kier alpha value is -3.53. The third-order valence-corrected chi connectivity index (χ3v) is 4.42. The highest BCUT2D eigenvalue weighted by molar-refractivity contribution is 5.77. The maximum absolute atomic E-state index is 9.48. The second-order valence-corrected chi connectivity index (χ2v) is 6.51. The molecule has 0 fully saturated rings. The predicted molar refractivity (Wildman–Crippen MR) is 111 cm³/mol. The summed E-state index contributed by atoms with van der Waals surface area (Å²) in [5, 5.41) is 12.7. The van der Waals surface area contributed by atoms with E-state index in [1.165, 1.54) is 0 Å². The lowest BCUT2D eigenvalue weighted by Gasteiger charge is -2.26. The number of aryl methyl sites for hydroxylation is 1. The molecule has 152 valence electrons. The highest BCUT2D eigenvalue weighted by Crippen LogP contribution is 2.31. The summed E-state index contributed by atoms with van der Waals surface area (Å²) in [6.07, 6.45) is 3.36. The van der Waals surface area contributed by atoms with E-state index in [0.717, 1.165) is 11.4 Å². The molecule has 1 atom stereocenters. The lowest BCUT2D eigenvalue weighted by atomic mass is 10.2. The standard InChI is InChI=1S/C19H24N8O2/c1-11(10-28)27(3)14-7-15(18-23-12(2)24-19(20)26-18)17(22-9-14)25-13-5-6-16(29-4)21-8-13/h5-9,11,28H,10H2,1-4H3,(H,22,25)(H2,20,23,24,26)/t11-/m1/s1. The minimum Gasteiger partial charge on any atom is -0.481 e. The van der Waals surface area contributed by atoms with Gasteiger partial charge in [-0.1, -0.05) is 0 Å². The van der Waals surface area contributed by atoms with Gasteiger partial charge in [0.05, 0.1) is 43.0 Å². The van der Waals surface area contributed by atoms with Crippen LogP contribution in [-0.2, 0) is 0 Å². The van der Waals surface area contributed by atoms with Crippen LogP contribution in [0.2, 0.25) is 0 Å². The summed E-state index contributed by atoms with van der Waals surface area (Å²) in [6.45, 7) is 3.68. The Labute approximate surface area is 168 Å². The molecular formula is C19H24N8O2. The smallest absolute Gasteiger partial charge is 0.223 e. The summed E-state index contributed by atoms with van der Waals surface area (Å²) in [4.78, 5) is 23.4. The largest absolute Gasteiger partial charge is 0.481 e. The number of nitrogens with zero attached hydrogens (tertiary/aromatic N) is 6. The summed E-state index contributed by atoms with van der Waals surface area (Å²) >= 11 is 0. The van der Waals surface area contributed by atoms with Crippen LogP contribution < -0.4 is 20.7 Å². The maximum Gasteiger partial charge on any atom is 0.223 e. The van der Waals surface area contributed by atoms with Crippen molar-refractivity contribution >= 4 is 23.1 Å². The monoisotopic (exact) mass is 396 g/mol. The molecule has 3 rings (SSSR count). The maximum atomic E-state index is 9.48. The van der Waals surface area contributed by atoms with E-state index in [4.69, 9.17) is 10.5 Å². The van der Waals surface area contributed by atoms with Crippen LogP contribution in [0.5, 0.6) is 5.88 Å². The zero-order valence-corrected chi connectivity index (χ0v) is 16.8. The van der Waals surface area contributed by atoms with Gasteiger partial charge in [-0.25, -0.2) is 15.0 Å². The molecule has 0 aromatic carbocycles. The molecule has 3 aromatic rings. The molecule has 0 aliphatic carbocycles. The van der Waals surface area contributed by atoms with Crippen LogP contribution in [0.1, 0.15) is 12.7 Å². The van der Waals surface area contributed by atoms with Crippen molar-refractivity contribution in [3.8, 4) is 17.3 Å². The molecule has 29 heavy (non-hydrogen) atoms. The molecule has 0 spiro atoms. The van der Waals surface area contributed by atoms with Crippen LogP contribution in [0.25, 0.3) is 11.4 Å². The lowest BCUT2D eigenvalue weighted by Crippen LogP contribution is -2.31. The van der Waals surface area contributed by atoms with Crippen molar-refractivity contribution < 1.29 is 9.84 Å². The number of hydrogen-bond acceptors (Lipinski definition) is 10. The van der Waals surface area contributed by atoms with Crippen LogP contribution >= 0.6 is 0 Å². The van der Waals surface area contributed by atoms with Crippen LogP contribution in [0.3, 0.4) is 0 Å². The topological polar surface area (TPSA) is 135 Å². The van der Waals surface area contributed by atoms with Crippen LogP contribution in [0.15, 0.2) is 30.6 Å². The number of aromatic nitrogens is 5. The van der Waals surface area contributed by atoms with Crippen molar-refractivity contribution in [2.75, 3.05) is 36.7 Å². The Morgan fingerprint density at radius 3 is 2.62 bits per heavy atom. The van der Waals surface area contributed by atoms with E-state index in [2.05, 4.69) is 30.2 Å². The van der Waals surface area contributed by atoms with Gasteiger partial charge >= 0.3 is 0 Å². The fraction of sp³-hybridized carbons (Fsp3) is 0.316. The molecular weight excluding hydrogens is 372 g/mol. The van der Waals surface area contributed by atoms with Crippen molar-refractivity contribution in [1.82, 2.24) is 24.9 Å². The van der Waals surface area contributed by atoms with E-state index in [9.17, 15) is 5.11 Å². The number of hydrogen-bond donors (Lipinski definition) is 3. The summed E-state index contributed by atoms with van der Waals surface area (Å²) in [6, 6.07) is 5.39. The van der Waals surface area contributed by atoms with Gasteiger partial charge in [-0.15, -0.1) is 0 Å². The second kappa shape index (κ2) is 8.65. The highest BCUT2D eigenvalue weighted by Gasteiger charge is 2.17. The molecule has 0 saturated heterocycles. The van der Waals surface area contributed by atoms with Gasteiger partial charge in [0, 0.05) is 19.2 Å². The molecule has 0 aliphatic heterocycles. The Morgan fingerprint density at radius 2 is 2.00 bits per heavy atom. The first-order chi connectivity index (χ1) is 13.9. The Bertz CT molecular complexity index is 960. The third-order valence-electron chi connectivity index (χ3n) is 4.42. The summed E-state index contributed by atoms with van der Waals surface area (Å²) in [5.74, 6) is 2.09. The number of aliphatic hydroxyl groups excluding tert-OH is 1. The van der Waals surface area contributed by atoms with E-state index < -0.39 is 0 Å². The van der Waals surface area contributed by atoms with Gasteiger partial charge in [0.15, 0.2) is 5.82 Å². The number of nitrogens with two attached hydrogens (primary N) is 1. The van der Waals surface area contributed by atoms with Crippen LogP contribution in [-0.4, -0.2) is 56.8 Å². The third kappa shape index (κ3) is 4.66. The molecule has 0 amide bonds. The van der Waals surface area contributed by atoms with E-state index in [1.54, 1.807) is 32.5 Å². The minimum atomic E-state index is -0.0839. The zero-order chi connectivity index (χ0) is 21.0. The number of methoxy groups -OCH3 is 1. The van der Waals surface area contributed by atoms with Crippen molar-refractivity contribution in [2.45, 2.75) is 19.9 Å². The van der Waals surface area contributed by atoms with Gasteiger partial charge in [0.2, 0.25) is 11.8 Å². The van der Waals surface area contributed by atoms with E-state index in [0.29, 0.717) is 28.9 Å². The number of nitrogen functional groups attached to an aromatic ring is 1. The molecule has 10 nitrogen and oxygen atoms in total. The highest BCUT2D eigenvalue weighted by atomic mass is 16.5. The molecule has 0 bridgehead atoms. The van der Waals surface area contributed by atoms with Crippen molar-refractivity contribution in [2.24, 2.45) is 0 Å². The molecule has 0 aliphatic rings. The number of rotatable bonds is 7. The molecule has 0 saturated carbocycles. The predicted octanol–water partition coefficient (Wildman–Crippen LogP) is 1.79. The van der Waals surface area contributed by atoms with Crippen LogP contribution in [0.4, 0.5) is 23.1 Å². The number of anilines is 4. The molecule has 0 unspecified atom stereocenters. The Morgan fingerprint density at radius 1 is 1.21 bits per heavy atom. The van der Waals surface area contributed by atoms with Gasteiger partial charge in [-0.2, -0.15) is 9.97 Å². The van der Waals surface area contributed by atoms with Gasteiger partial charge in [-0.3, -0.25) is 0 Å². The molecule has 3 heterocycles.